The maximum Gasteiger partial charge on any atom is 0.275 e. The van der Waals surface area contributed by atoms with Crippen LogP contribution < -0.4 is 5.32 Å². The molecular formula is C16H9F2N3O3S. The first-order valence-corrected chi connectivity index (χ1v) is 7.79. The molecule has 126 valence electrons. The molecule has 1 N–H and O–H groups in total. The number of amides is 1. The van der Waals surface area contributed by atoms with Crippen molar-refractivity contribution in [2.45, 2.75) is 0 Å². The Kier molecular flexibility index (Phi) is 4.48. The van der Waals surface area contributed by atoms with Crippen molar-refractivity contribution in [2.24, 2.45) is 0 Å². The van der Waals surface area contributed by atoms with Crippen molar-refractivity contribution in [1.29, 1.82) is 0 Å². The minimum atomic E-state index is -0.890. The normalized spacial score (nSPS) is 10.5. The molecule has 3 rings (SSSR count). The summed E-state index contributed by atoms with van der Waals surface area (Å²) in [6, 6.07) is 8.54. The van der Waals surface area contributed by atoms with E-state index >= 15 is 0 Å². The van der Waals surface area contributed by atoms with E-state index in [0.717, 1.165) is 12.1 Å². The molecule has 1 aromatic heterocycles. The first-order chi connectivity index (χ1) is 11.9. The van der Waals surface area contributed by atoms with Crippen molar-refractivity contribution in [3.05, 3.63) is 75.3 Å². The summed E-state index contributed by atoms with van der Waals surface area (Å²) in [7, 11) is 0. The van der Waals surface area contributed by atoms with E-state index in [9.17, 15) is 23.7 Å². The van der Waals surface area contributed by atoms with E-state index in [2.05, 4.69) is 10.3 Å². The molecule has 0 aliphatic heterocycles. The van der Waals surface area contributed by atoms with Crippen LogP contribution in [0.5, 0.6) is 0 Å². The molecule has 0 fully saturated rings. The molecule has 2 aromatic carbocycles. The van der Waals surface area contributed by atoms with Crippen LogP contribution in [-0.4, -0.2) is 15.8 Å². The predicted molar refractivity (Wildman–Crippen MR) is 88.5 cm³/mol. The van der Waals surface area contributed by atoms with Gasteiger partial charge >= 0.3 is 0 Å². The third kappa shape index (κ3) is 3.66. The van der Waals surface area contributed by atoms with Gasteiger partial charge in [0.05, 0.1) is 10.6 Å². The predicted octanol–water partition coefficient (Wildman–Crippen LogP) is 4.25. The summed E-state index contributed by atoms with van der Waals surface area (Å²) in [5.74, 6) is -2.28. The van der Waals surface area contributed by atoms with Crippen molar-refractivity contribution in [3.63, 3.8) is 0 Å². The molecule has 0 spiro atoms. The van der Waals surface area contributed by atoms with Gasteiger partial charge in [-0.05, 0) is 24.3 Å². The Morgan fingerprint density at radius 2 is 1.88 bits per heavy atom. The molecule has 0 saturated heterocycles. The topological polar surface area (TPSA) is 85.1 Å². The molecule has 0 bridgehead atoms. The minimum absolute atomic E-state index is 0.0509. The van der Waals surface area contributed by atoms with Crippen LogP contribution >= 0.6 is 11.3 Å². The maximum atomic E-state index is 13.6. The molecule has 25 heavy (non-hydrogen) atoms. The number of carbonyl (C=O) groups excluding carboxylic acids is 1. The molecule has 6 nitrogen and oxygen atoms in total. The van der Waals surface area contributed by atoms with Crippen molar-refractivity contribution in [3.8, 4) is 10.6 Å². The second-order valence-electron chi connectivity index (χ2n) is 4.92. The third-order valence-corrected chi connectivity index (χ3v) is 4.13. The summed E-state index contributed by atoms with van der Waals surface area (Å²) in [6.07, 6.45) is 0. The summed E-state index contributed by atoms with van der Waals surface area (Å²) in [4.78, 5) is 26.4. The van der Waals surface area contributed by atoms with Gasteiger partial charge in [0.15, 0.2) is 0 Å². The Morgan fingerprint density at radius 3 is 2.52 bits per heavy atom. The average molecular weight is 361 g/mol. The smallest absolute Gasteiger partial charge is 0.275 e. The molecule has 1 heterocycles. The standard InChI is InChI=1S/C16H9F2N3O3S/c17-10-3-6-13(12(18)7-10)19-15(22)14-8-25-16(20-14)9-1-4-11(5-2-9)21(23)24/h1-8H,(H,19,22). The van der Waals surface area contributed by atoms with Crippen LogP contribution in [0.3, 0.4) is 0 Å². The third-order valence-electron chi connectivity index (χ3n) is 3.24. The maximum absolute atomic E-state index is 13.6. The van der Waals surface area contributed by atoms with Gasteiger partial charge in [0, 0.05) is 29.1 Å². The number of benzene rings is 2. The van der Waals surface area contributed by atoms with Gasteiger partial charge in [-0.15, -0.1) is 11.3 Å². The van der Waals surface area contributed by atoms with Crippen LogP contribution in [0.4, 0.5) is 20.2 Å². The number of hydrogen-bond donors (Lipinski definition) is 1. The summed E-state index contributed by atoms with van der Waals surface area (Å²) in [5.41, 5.74) is 0.464. The van der Waals surface area contributed by atoms with Crippen LogP contribution in [-0.2, 0) is 0 Å². The number of thiazole rings is 1. The Morgan fingerprint density at radius 1 is 1.16 bits per heavy atom. The molecule has 9 heteroatoms. The van der Waals surface area contributed by atoms with Gasteiger partial charge in [0.25, 0.3) is 11.6 Å². The Labute approximate surface area is 143 Å². The SMILES string of the molecule is O=C(Nc1ccc(F)cc1F)c1csc(-c2ccc([N+](=O)[O-])cc2)n1. The van der Waals surface area contributed by atoms with Gasteiger partial charge in [0.2, 0.25) is 0 Å². The summed E-state index contributed by atoms with van der Waals surface area (Å²) in [6.45, 7) is 0. The van der Waals surface area contributed by atoms with E-state index in [0.29, 0.717) is 16.6 Å². The fourth-order valence-corrected chi connectivity index (χ4v) is 2.82. The average Bonchev–Trinajstić information content (AvgIpc) is 3.07. The van der Waals surface area contributed by atoms with Gasteiger partial charge in [-0.2, -0.15) is 0 Å². The van der Waals surface area contributed by atoms with Crippen molar-refractivity contribution >= 4 is 28.6 Å². The first kappa shape index (κ1) is 16.7. The molecule has 0 atom stereocenters. The number of carbonyl (C=O) groups is 1. The molecular weight excluding hydrogens is 352 g/mol. The zero-order chi connectivity index (χ0) is 18.0. The lowest BCUT2D eigenvalue weighted by Crippen LogP contribution is -2.13. The Balaban J connectivity index is 1.78. The molecule has 0 saturated carbocycles. The van der Waals surface area contributed by atoms with Crippen LogP contribution in [0, 0.1) is 21.7 Å². The highest BCUT2D eigenvalue weighted by Gasteiger charge is 2.15. The van der Waals surface area contributed by atoms with Crippen LogP contribution in [0.1, 0.15) is 10.5 Å². The number of nitro benzene ring substituents is 1. The van der Waals surface area contributed by atoms with Gasteiger partial charge in [-0.25, -0.2) is 13.8 Å². The molecule has 0 unspecified atom stereocenters. The first-order valence-electron chi connectivity index (χ1n) is 6.91. The summed E-state index contributed by atoms with van der Waals surface area (Å²) in [5, 5.41) is 14.9. The molecule has 0 radical (unpaired) electrons. The van der Waals surface area contributed by atoms with Crippen LogP contribution in [0.15, 0.2) is 47.8 Å². The number of anilines is 1. The lowest BCUT2D eigenvalue weighted by atomic mass is 10.2. The second-order valence-corrected chi connectivity index (χ2v) is 5.78. The second kappa shape index (κ2) is 6.73. The lowest BCUT2D eigenvalue weighted by Gasteiger charge is -2.04. The number of nitro groups is 1. The Bertz CT molecular complexity index is 958. The quantitative estimate of drug-likeness (QED) is 0.556. The highest BCUT2D eigenvalue weighted by atomic mass is 32.1. The van der Waals surface area contributed by atoms with Crippen molar-refractivity contribution in [2.75, 3.05) is 5.32 Å². The van der Waals surface area contributed by atoms with E-state index in [-0.39, 0.29) is 17.1 Å². The zero-order valence-corrected chi connectivity index (χ0v) is 13.2. The van der Waals surface area contributed by atoms with Crippen LogP contribution in [0.2, 0.25) is 0 Å². The zero-order valence-electron chi connectivity index (χ0n) is 12.4. The van der Waals surface area contributed by atoms with Gasteiger partial charge in [-0.1, -0.05) is 0 Å². The van der Waals surface area contributed by atoms with Crippen molar-refractivity contribution in [1.82, 2.24) is 4.98 Å². The number of nitrogens with zero attached hydrogens (tertiary/aromatic N) is 2. The number of non-ortho nitro benzene ring substituents is 1. The number of nitrogens with one attached hydrogen (secondary N) is 1. The van der Waals surface area contributed by atoms with Crippen LogP contribution in [0.25, 0.3) is 10.6 Å². The fourth-order valence-electron chi connectivity index (χ4n) is 2.01. The lowest BCUT2D eigenvalue weighted by molar-refractivity contribution is -0.384. The number of aromatic nitrogens is 1. The van der Waals surface area contributed by atoms with E-state index < -0.39 is 22.5 Å². The van der Waals surface area contributed by atoms with Gasteiger partial charge in [-0.3, -0.25) is 14.9 Å². The van der Waals surface area contributed by atoms with E-state index in [1.54, 1.807) is 0 Å². The van der Waals surface area contributed by atoms with Gasteiger partial charge in [0.1, 0.15) is 22.3 Å². The molecule has 3 aromatic rings. The summed E-state index contributed by atoms with van der Waals surface area (Å²) < 4.78 is 26.4. The number of hydrogen-bond acceptors (Lipinski definition) is 5. The monoisotopic (exact) mass is 361 g/mol. The molecule has 0 aliphatic carbocycles. The minimum Gasteiger partial charge on any atom is -0.318 e. The highest BCUT2D eigenvalue weighted by molar-refractivity contribution is 7.13. The van der Waals surface area contributed by atoms with E-state index in [4.69, 9.17) is 0 Å². The largest absolute Gasteiger partial charge is 0.318 e. The van der Waals surface area contributed by atoms with E-state index in [1.807, 2.05) is 0 Å². The van der Waals surface area contributed by atoms with Gasteiger partial charge < -0.3 is 5.32 Å². The number of halogens is 2. The fraction of sp³-hybridized carbons (Fsp3) is 0. The number of rotatable bonds is 4. The van der Waals surface area contributed by atoms with E-state index in [1.165, 1.54) is 41.0 Å². The van der Waals surface area contributed by atoms with Crippen molar-refractivity contribution < 1.29 is 18.5 Å². The summed E-state index contributed by atoms with van der Waals surface area (Å²) >= 11 is 1.17. The molecule has 0 aliphatic rings. The Hall–Kier alpha value is -3.20. The highest BCUT2D eigenvalue weighted by Crippen LogP contribution is 2.26. The molecule has 1 amide bonds.